The van der Waals surface area contributed by atoms with Crippen LogP contribution in [0.3, 0.4) is 0 Å². The summed E-state index contributed by atoms with van der Waals surface area (Å²) in [4.78, 5) is 11.7. The second-order valence-electron chi connectivity index (χ2n) is 4.55. The van der Waals surface area contributed by atoms with Crippen LogP contribution in [0.15, 0.2) is 0 Å². The van der Waals surface area contributed by atoms with Gasteiger partial charge in [0.25, 0.3) is 0 Å². The lowest BCUT2D eigenvalue weighted by Gasteiger charge is -2.27. The van der Waals surface area contributed by atoms with Crippen molar-refractivity contribution >= 4 is 6.03 Å². The van der Waals surface area contributed by atoms with Crippen LogP contribution in [0, 0.1) is 0 Å². The molecule has 92 valence electrons. The van der Waals surface area contributed by atoms with Crippen molar-refractivity contribution in [1.82, 2.24) is 16.0 Å². The van der Waals surface area contributed by atoms with E-state index in [9.17, 15) is 4.79 Å². The van der Waals surface area contributed by atoms with E-state index in [1.54, 1.807) is 0 Å². The minimum Gasteiger partial charge on any atom is -0.381 e. The van der Waals surface area contributed by atoms with Crippen molar-refractivity contribution in [1.29, 1.82) is 0 Å². The van der Waals surface area contributed by atoms with Crippen LogP contribution >= 0.6 is 0 Å². The summed E-state index contributed by atoms with van der Waals surface area (Å²) >= 11 is 0. The molecule has 2 saturated heterocycles. The molecule has 2 aliphatic rings. The summed E-state index contributed by atoms with van der Waals surface area (Å²) in [6.45, 7) is 3.48. The third-order valence-corrected chi connectivity index (χ3v) is 3.19. The largest absolute Gasteiger partial charge is 0.381 e. The molecule has 0 saturated carbocycles. The number of amides is 2. The van der Waals surface area contributed by atoms with Gasteiger partial charge in [-0.25, -0.2) is 4.79 Å². The lowest BCUT2D eigenvalue weighted by molar-refractivity contribution is 0.0799. The number of ether oxygens (including phenoxy) is 1. The number of piperidine rings is 1. The fourth-order valence-electron chi connectivity index (χ4n) is 2.23. The molecule has 2 heterocycles. The minimum atomic E-state index is -0.0272. The number of hydrogen-bond donors (Lipinski definition) is 3. The molecular weight excluding hydrogens is 206 g/mol. The summed E-state index contributed by atoms with van der Waals surface area (Å²) in [5.74, 6) is 0. The highest BCUT2D eigenvalue weighted by molar-refractivity contribution is 5.74. The Morgan fingerprint density at radius 1 is 1.12 bits per heavy atom. The Kier molecular flexibility index (Phi) is 4.42. The normalized spacial score (nSPS) is 27.4. The average Bonchev–Trinajstić information content (AvgIpc) is 2.31. The first-order valence-corrected chi connectivity index (χ1v) is 6.20. The lowest BCUT2D eigenvalue weighted by atomic mass is 10.1. The molecule has 0 aromatic carbocycles. The molecule has 0 spiro atoms. The Morgan fingerprint density at radius 2 is 1.88 bits per heavy atom. The fraction of sp³-hybridized carbons (Fsp3) is 0.909. The van der Waals surface area contributed by atoms with E-state index < -0.39 is 0 Å². The van der Waals surface area contributed by atoms with Crippen molar-refractivity contribution in [2.45, 2.75) is 37.8 Å². The topological polar surface area (TPSA) is 62.4 Å². The van der Waals surface area contributed by atoms with E-state index in [4.69, 9.17) is 4.74 Å². The summed E-state index contributed by atoms with van der Waals surface area (Å²) in [5, 5.41) is 9.30. The summed E-state index contributed by atoms with van der Waals surface area (Å²) in [6.07, 6.45) is 4.07. The van der Waals surface area contributed by atoms with Gasteiger partial charge in [-0.1, -0.05) is 0 Å². The molecule has 0 bridgehead atoms. The Balaban J connectivity index is 1.66. The van der Waals surface area contributed by atoms with Crippen molar-refractivity contribution in [3.05, 3.63) is 0 Å². The van der Waals surface area contributed by atoms with Crippen molar-refractivity contribution in [3.8, 4) is 0 Å². The van der Waals surface area contributed by atoms with Crippen molar-refractivity contribution in [2.24, 2.45) is 0 Å². The van der Waals surface area contributed by atoms with Crippen LogP contribution in [0.2, 0.25) is 0 Å². The average molecular weight is 227 g/mol. The van der Waals surface area contributed by atoms with E-state index in [1.807, 2.05) is 0 Å². The van der Waals surface area contributed by atoms with Gasteiger partial charge in [-0.3, -0.25) is 0 Å². The zero-order valence-electron chi connectivity index (χ0n) is 9.63. The maximum atomic E-state index is 11.7. The monoisotopic (exact) mass is 227 g/mol. The van der Waals surface area contributed by atoms with Crippen LogP contribution in [-0.4, -0.2) is 44.4 Å². The SMILES string of the molecule is O=C(NC1CCOCC1)NC1CCCNC1. The van der Waals surface area contributed by atoms with Gasteiger partial charge >= 0.3 is 6.03 Å². The zero-order valence-corrected chi connectivity index (χ0v) is 9.63. The van der Waals surface area contributed by atoms with Crippen LogP contribution in [0.5, 0.6) is 0 Å². The first-order valence-electron chi connectivity index (χ1n) is 6.20. The van der Waals surface area contributed by atoms with E-state index in [0.717, 1.165) is 52.0 Å². The Labute approximate surface area is 96.3 Å². The lowest BCUT2D eigenvalue weighted by Crippen LogP contribution is -2.51. The molecule has 0 aliphatic carbocycles. The van der Waals surface area contributed by atoms with Crippen LogP contribution in [-0.2, 0) is 4.74 Å². The molecule has 3 N–H and O–H groups in total. The predicted molar refractivity (Wildman–Crippen MR) is 61.4 cm³/mol. The van der Waals surface area contributed by atoms with Gasteiger partial charge in [0.15, 0.2) is 0 Å². The number of rotatable bonds is 2. The van der Waals surface area contributed by atoms with E-state index in [-0.39, 0.29) is 18.1 Å². The molecule has 2 rings (SSSR count). The van der Waals surface area contributed by atoms with Gasteiger partial charge in [-0.2, -0.15) is 0 Å². The molecule has 5 heteroatoms. The van der Waals surface area contributed by atoms with Crippen molar-refractivity contribution < 1.29 is 9.53 Å². The van der Waals surface area contributed by atoms with E-state index in [0.29, 0.717) is 0 Å². The smallest absolute Gasteiger partial charge is 0.315 e. The molecule has 2 aliphatic heterocycles. The highest BCUT2D eigenvalue weighted by Gasteiger charge is 2.19. The summed E-state index contributed by atoms with van der Waals surface area (Å²) in [7, 11) is 0. The van der Waals surface area contributed by atoms with E-state index in [1.165, 1.54) is 0 Å². The molecule has 1 atom stereocenters. The van der Waals surface area contributed by atoms with Gasteiger partial charge in [0.05, 0.1) is 0 Å². The molecule has 16 heavy (non-hydrogen) atoms. The van der Waals surface area contributed by atoms with Crippen LogP contribution < -0.4 is 16.0 Å². The van der Waals surface area contributed by atoms with Gasteiger partial charge in [-0.05, 0) is 32.2 Å². The van der Waals surface area contributed by atoms with Gasteiger partial charge in [-0.15, -0.1) is 0 Å². The Hall–Kier alpha value is -0.810. The Morgan fingerprint density at radius 3 is 2.56 bits per heavy atom. The maximum Gasteiger partial charge on any atom is 0.315 e. The van der Waals surface area contributed by atoms with Crippen LogP contribution in [0.4, 0.5) is 4.79 Å². The molecule has 5 nitrogen and oxygen atoms in total. The first kappa shape index (κ1) is 11.7. The summed E-state index contributed by atoms with van der Waals surface area (Å²) in [6, 6.07) is 0.541. The summed E-state index contributed by atoms with van der Waals surface area (Å²) in [5.41, 5.74) is 0. The van der Waals surface area contributed by atoms with E-state index in [2.05, 4.69) is 16.0 Å². The Bertz CT molecular complexity index is 201. The maximum absolute atomic E-state index is 11.7. The number of urea groups is 1. The molecule has 0 aromatic rings. The highest BCUT2D eigenvalue weighted by Crippen LogP contribution is 2.06. The van der Waals surface area contributed by atoms with Gasteiger partial charge < -0.3 is 20.7 Å². The molecule has 0 radical (unpaired) electrons. The van der Waals surface area contributed by atoms with Crippen molar-refractivity contribution in [3.63, 3.8) is 0 Å². The quantitative estimate of drug-likeness (QED) is 0.632. The third-order valence-electron chi connectivity index (χ3n) is 3.19. The fourth-order valence-corrected chi connectivity index (χ4v) is 2.23. The van der Waals surface area contributed by atoms with Crippen molar-refractivity contribution in [2.75, 3.05) is 26.3 Å². The zero-order chi connectivity index (χ0) is 11.2. The second-order valence-corrected chi connectivity index (χ2v) is 4.55. The number of nitrogens with one attached hydrogen (secondary N) is 3. The second kappa shape index (κ2) is 6.06. The molecule has 2 fully saturated rings. The molecule has 1 unspecified atom stereocenters. The third kappa shape index (κ3) is 3.64. The number of hydrogen-bond acceptors (Lipinski definition) is 3. The van der Waals surface area contributed by atoms with E-state index >= 15 is 0 Å². The first-order chi connectivity index (χ1) is 7.84. The number of carbonyl (C=O) groups excluding carboxylic acids is 1. The van der Waals surface area contributed by atoms with Gasteiger partial charge in [0.2, 0.25) is 0 Å². The van der Waals surface area contributed by atoms with Gasteiger partial charge in [0.1, 0.15) is 0 Å². The van der Waals surface area contributed by atoms with Gasteiger partial charge in [0, 0.05) is 31.8 Å². The highest BCUT2D eigenvalue weighted by atomic mass is 16.5. The minimum absolute atomic E-state index is 0.0272. The molecule has 0 aromatic heterocycles. The summed E-state index contributed by atoms with van der Waals surface area (Å²) < 4.78 is 5.25. The van der Waals surface area contributed by atoms with Crippen LogP contribution in [0.1, 0.15) is 25.7 Å². The van der Waals surface area contributed by atoms with Crippen LogP contribution in [0.25, 0.3) is 0 Å². The number of carbonyl (C=O) groups is 1. The molecular formula is C11H21N3O2. The molecule has 2 amide bonds. The standard InChI is InChI=1S/C11H21N3O2/c15-11(13-9-3-6-16-7-4-9)14-10-2-1-5-12-8-10/h9-10,12H,1-8H2,(H2,13,14,15). The predicted octanol–water partition coefficient (Wildman–Crippen LogP) is 0.217.